The lowest BCUT2D eigenvalue weighted by Gasteiger charge is -2.25. The number of nitrogens with zero attached hydrogens (tertiary/aromatic N) is 4. The first kappa shape index (κ1) is 20.5. The summed E-state index contributed by atoms with van der Waals surface area (Å²) in [5, 5.41) is 16.5. The summed E-state index contributed by atoms with van der Waals surface area (Å²) >= 11 is 4.88. The molecular formula is C21H20BrN5O2S. The molecule has 4 rings (SSSR count). The molecule has 0 saturated heterocycles. The number of hydrogen-bond donors (Lipinski definition) is 1. The smallest absolute Gasteiger partial charge is 0.263 e. The highest BCUT2D eigenvalue weighted by atomic mass is 79.9. The highest BCUT2D eigenvalue weighted by Crippen LogP contribution is 2.26. The van der Waals surface area contributed by atoms with E-state index in [-0.39, 0.29) is 5.91 Å². The number of rotatable bonds is 6. The van der Waals surface area contributed by atoms with Gasteiger partial charge in [-0.2, -0.15) is 9.61 Å². The number of aryl methyl sites for hydroxylation is 1. The van der Waals surface area contributed by atoms with Crippen LogP contribution in [0.3, 0.4) is 0 Å². The van der Waals surface area contributed by atoms with Gasteiger partial charge in [-0.05, 0) is 50.6 Å². The number of carbonyl (C=O) groups excluding carboxylic acids is 1. The molecular weight excluding hydrogens is 466 g/mol. The Kier molecular flexibility index (Phi) is 5.57. The molecule has 9 heteroatoms. The van der Waals surface area contributed by atoms with E-state index in [0.29, 0.717) is 12.3 Å². The van der Waals surface area contributed by atoms with Crippen molar-refractivity contribution in [2.75, 3.05) is 0 Å². The van der Waals surface area contributed by atoms with Crippen LogP contribution in [0.5, 0.6) is 5.75 Å². The van der Waals surface area contributed by atoms with Gasteiger partial charge in [0, 0.05) is 16.6 Å². The number of carbonyl (C=O) groups is 1. The normalized spacial score (nSPS) is 11.6. The van der Waals surface area contributed by atoms with Crippen LogP contribution >= 0.6 is 27.3 Å². The number of ether oxygens (including phenoxy) is 1. The number of hydrogen-bond acceptors (Lipinski definition) is 6. The van der Waals surface area contributed by atoms with E-state index in [1.165, 1.54) is 11.3 Å². The number of amides is 1. The Morgan fingerprint density at radius 1 is 1.13 bits per heavy atom. The van der Waals surface area contributed by atoms with Crippen molar-refractivity contribution in [2.24, 2.45) is 0 Å². The summed E-state index contributed by atoms with van der Waals surface area (Å²) in [5.41, 5.74) is 1.000. The van der Waals surface area contributed by atoms with E-state index in [9.17, 15) is 4.79 Å². The van der Waals surface area contributed by atoms with E-state index in [1.54, 1.807) is 18.4 Å². The maximum atomic E-state index is 12.6. The summed E-state index contributed by atoms with van der Waals surface area (Å²) in [6.45, 7) is 5.79. The number of halogens is 1. The third-order valence-electron chi connectivity index (χ3n) is 4.53. The standard InChI is InChI=1S/C21H20BrN5O2S/c1-13-24-25-20-27(13)26-18(30-20)15-6-4-14(5-7-15)12-23-19(28)21(2,3)29-17-10-8-16(22)9-11-17/h4-11H,12H2,1-3H3,(H,23,28). The second-order valence-electron chi connectivity index (χ2n) is 7.29. The van der Waals surface area contributed by atoms with Crippen molar-refractivity contribution in [3.05, 3.63) is 64.4 Å². The second-order valence-corrected chi connectivity index (χ2v) is 9.17. The molecule has 0 spiro atoms. The summed E-state index contributed by atoms with van der Waals surface area (Å²) in [4.78, 5) is 13.4. The predicted octanol–water partition coefficient (Wildman–Crippen LogP) is 4.40. The molecule has 1 N–H and O–H groups in total. The van der Waals surface area contributed by atoms with Crippen LogP contribution in [0.15, 0.2) is 53.0 Å². The van der Waals surface area contributed by atoms with Gasteiger partial charge in [0.05, 0.1) is 0 Å². The first-order valence-electron chi connectivity index (χ1n) is 9.33. The highest BCUT2D eigenvalue weighted by Gasteiger charge is 2.29. The van der Waals surface area contributed by atoms with Gasteiger partial charge in [-0.15, -0.1) is 10.2 Å². The molecule has 2 aromatic heterocycles. The van der Waals surface area contributed by atoms with Crippen molar-refractivity contribution in [3.8, 4) is 16.3 Å². The number of nitrogens with one attached hydrogen (secondary N) is 1. The molecule has 154 valence electrons. The van der Waals surface area contributed by atoms with Crippen LogP contribution in [0.1, 0.15) is 25.2 Å². The molecule has 0 bridgehead atoms. The minimum Gasteiger partial charge on any atom is -0.478 e. The lowest BCUT2D eigenvalue weighted by molar-refractivity contribution is -0.134. The van der Waals surface area contributed by atoms with Gasteiger partial charge in [0.15, 0.2) is 11.4 Å². The molecule has 7 nitrogen and oxygen atoms in total. The molecule has 0 saturated carbocycles. The van der Waals surface area contributed by atoms with Gasteiger partial charge in [0.25, 0.3) is 5.91 Å². The van der Waals surface area contributed by atoms with E-state index < -0.39 is 5.60 Å². The second kappa shape index (κ2) is 8.16. The molecule has 0 aliphatic carbocycles. The highest BCUT2D eigenvalue weighted by molar-refractivity contribution is 9.10. The van der Waals surface area contributed by atoms with Crippen LogP contribution in [0.4, 0.5) is 0 Å². The first-order valence-corrected chi connectivity index (χ1v) is 10.9. The largest absolute Gasteiger partial charge is 0.478 e. The van der Waals surface area contributed by atoms with Gasteiger partial charge in [-0.25, -0.2) is 0 Å². The summed E-state index contributed by atoms with van der Waals surface area (Å²) < 4.78 is 8.56. The average molecular weight is 486 g/mol. The van der Waals surface area contributed by atoms with E-state index >= 15 is 0 Å². The molecule has 0 atom stereocenters. The zero-order chi connectivity index (χ0) is 21.3. The molecule has 1 amide bonds. The zero-order valence-corrected chi connectivity index (χ0v) is 19.1. The summed E-state index contributed by atoms with van der Waals surface area (Å²) in [5.74, 6) is 1.22. The molecule has 0 aliphatic heterocycles. The Labute approximate surface area is 186 Å². The van der Waals surface area contributed by atoms with Crippen LogP contribution in [-0.2, 0) is 11.3 Å². The Morgan fingerprint density at radius 2 is 1.83 bits per heavy atom. The van der Waals surface area contributed by atoms with Crippen molar-refractivity contribution in [3.63, 3.8) is 0 Å². The maximum absolute atomic E-state index is 12.6. The van der Waals surface area contributed by atoms with Crippen LogP contribution < -0.4 is 10.1 Å². The van der Waals surface area contributed by atoms with Gasteiger partial charge in [-0.3, -0.25) is 4.79 Å². The zero-order valence-electron chi connectivity index (χ0n) is 16.7. The Balaban J connectivity index is 1.38. The Bertz CT molecular complexity index is 1180. The third kappa shape index (κ3) is 4.36. The van der Waals surface area contributed by atoms with Crippen LogP contribution in [-0.4, -0.2) is 31.3 Å². The predicted molar refractivity (Wildman–Crippen MR) is 120 cm³/mol. The van der Waals surface area contributed by atoms with E-state index in [0.717, 1.165) is 31.4 Å². The lowest BCUT2D eigenvalue weighted by Crippen LogP contribution is -2.46. The summed E-state index contributed by atoms with van der Waals surface area (Å²) in [6, 6.07) is 15.3. The Hall–Kier alpha value is -2.78. The van der Waals surface area contributed by atoms with Crippen molar-refractivity contribution < 1.29 is 9.53 Å². The molecule has 4 aromatic rings. The fraction of sp³-hybridized carbons (Fsp3) is 0.238. The first-order chi connectivity index (χ1) is 14.3. The van der Waals surface area contributed by atoms with Gasteiger partial charge in [0.2, 0.25) is 4.96 Å². The average Bonchev–Trinajstić information content (AvgIpc) is 3.30. The van der Waals surface area contributed by atoms with Gasteiger partial charge in [-0.1, -0.05) is 51.5 Å². The van der Waals surface area contributed by atoms with Gasteiger partial charge < -0.3 is 10.1 Å². The van der Waals surface area contributed by atoms with E-state index in [4.69, 9.17) is 4.74 Å². The molecule has 0 fully saturated rings. The lowest BCUT2D eigenvalue weighted by atomic mass is 10.1. The van der Waals surface area contributed by atoms with Crippen LogP contribution in [0.2, 0.25) is 0 Å². The van der Waals surface area contributed by atoms with Crippen LogP contribution in [0.25, 0.3) is 15.5 Å². The third-order valence-corrected chi connectivity index (χ3v) is 6.01. The van der Waals surface area contributed by atoms with Gasteiger partial charge in [0.1, 0.15) is 10.8 Å². The van der Waals surface area contributed by atoms with Crippen LogP contribution in [0, 0.1) is 6.92 Å². The molecule has 0 aliphatic rings. The number of benzene rings is 2. The minimum atomic E-state index is -0.991. The maximum Gasteiger partial charge on any atom is 0.263 e. The summed E-state index contributed by atoms with van der Waals surface area (Å²) in [6.07, 6.45) is 0. The molecule has 2 heterocycles. The molecule has 30 heavy (non-hydrogen) atoms. The van der Waals surface area contributed by atoms with Crippen molar-refractivity contribution in [1.82, 2.24) is 25.1 Å². The number of aromatic nitrogens is 4. The van der Waals surface area contributed by atoms with Crippen molar-refractivity contribution in [2.45, 2.75) is 32.9 Å². The minimum absolute atomic E-state index is 0.182. The molecule has 2 aromatic carbocycles. The Morgan fingerprint density at radius 3 is 2.50 bits per heavy atom. The fourth-order valence-electron chi connectivity index (χ4n) is 2.84. The van der Waals surface area contributed by atoms with Crippen molar-refractivity contribution in [1.29, 1.82) is 0 Å². The topological polar surface area (TPSA) is 81.4 Å². The molecule has 0 unspecified atom stereocenters. The van der Waals surface area contributed by atoms with E-state index in [1.807, 2.05) is 55.5 Å². The number of fused-ring (bicyclic) bond motifs is 1. The summed E-state index contributed by atoms with van der Waals surface area (Å²) in [7, 11) is 0. The fourth-order valence-corrected chi connectivity index (χ4v) is 3.99. The SMILES string of the molecule is Cc1nnc2sc(-c3ccc(CNC(=O)C(C)(C)Oc4ccc(Br)cc4)cc3)nn12. The molecule has 0 radical (unpaired) electrons. The van der Waals surface area contributed by atoms with Gasteiger partial charge >= 0.3 is 0 Å². The quantitative estimate of drug-likeness (QED) is 0.437. The monoisotopic (exact) mass is 485 g/mol. The van der Waals surface area contributed by atoms with E-state index in [2.05, 4.69) is 36.5 Å². The van der Waals surface area contributed by atoms with Crippen molar-refractivity contribution >= 4 is 38.1 Å².